The van der Waals surface area contributed by atoms with Crippen LogP contribution in [0.4, 0.5) is 0 Å². The van der Waals surface area contributed by atoms with Crippen molar-refractivity contribution < 1.29 is 9.52 Å². The fourth-order valence-corrected chi connectivity index (χ4v) is 7.27. The number of phenols is 1. The average molecular weight is 668 g/mol. The van der Waals surface area contributed by atoms with Gasteiger partial charge in [-0.3, -0.25) is 0 Å². The Bertz CT molecular complexity index is 2880. The first-order chi connectivity index (χ1) is 25.7. The molecule has 0 amide bonds. The fraction of sp³-hybridized carbons (Fsp3) is 0. The van der Waals surface area contributed by atoms with Crippen LogP contribution in [-0.2, 0) is 0 Å². The predicted octanol–water partition coefficient (Wildman–Crippen LogP) is 12.1. The summed E-state index contributed by atoms with van der Waals surface area (Å²) in [5, 5.41) is 18.1. The van der Waals surface area contributed by atoms with E-state index in [2.05, 4.69) is 84.9 Å². The third kappa shape index (κ3) is 5.07. The Morgan fingerprint density at radius 2 is 0.904 bits per heavy atom. The number of para-hydroxylation sites is 1. The van der Waals surface area contributed by atoms with Gasteiger partial charge in [0.05, 0.1) is 0 Å². The van der Waals surface area contributed by atoms with E-state index in [1.165, 1.54) is 0 Å². The zero-order valence-electron chi connectivity index (χ0n) is 27.9. The SMILES string of the molecule is Oc1cccc(-c2nc(-c3ccc4ccccc4c3)nc(-c3ccc4ccccc4c3)n2)c1-c1ccc(-c2cccc3oc4ccccc4c23)cc1. The van der Waals surface area contributed by atoms with E-state index in [4.69, 9.17) is 19.4 Å². The van der Waals surface area contributed by atoms with Gasteiger partial charge in [0.15, 0.2) is 17.5 Å². The monoisotopic (exact) mass is 667 g/mol. The van der Waals surface area contributed by atoms with E-state index in [-0.39, 0.29) is 5.75 Å². The number of nitrogens with zero attached hydrogens (tertiary/aromatic N) is 3. The van der Waals surface area contributed by atoms with Gasteiger partial charge in [-0.1, -0.05) is 140 Å². The van der Waals surface area contributed by atoms with Gasteiger partial charge in [0.25, 0.3) is 0 Å². The molecular formula is C47H29N3O2. The molecule has 2 heterocycles. The van der Waals surface area contributed by atoms with E-state index in [1.807, 2.05) is 78.9 Å². The number of fused-ring (bicyclic) bond motifs is 5. The van der Waals surface area contributed by atoms with Gasteiger partial charge in [-0.25, -0.2) is 15.0 Å². The molecule has 0 radical (unpaired) electrons. The normalized spacial score (nSPS) is 11.5. The summed E-state index contributed by atoms with van der Waals surface area (Å²) in [5.74, 6) is 1.74. The van der Waals surface area contributed by atoms with Gasteiger partial charge in [-0.05, 0) is 68.6 Å². The zero-order chi connectivity index (χ0) is 34.6. The van der Waals surface area contributed by atoms with E-state index in [0.29, 0.717) is 28.6 Å². The molecule has 0 saturated heterocycles. The highest BCUT2D eigenvalue weighted by atomic mass is 16.3. The summed E-state index contributed by atoms with van der Waals surface area (Å²) in [5.41, 5.74) is 7.84. The number of hydrogen-bond acceptors (Lipinski definition) is 5. The van der Waals surface area contributed by atoms with Crippen LogP contribution in [0.5, 0.6) is 5.75 Å². The molecule has 0 aliphatic heterocycles. The Balaban J connectivity index is 1.13. The Kier molecular flexibility index (Phi) is 6.89. The van der Waals surface area contributed by atoms with Gasteiger partial charge >= 0.3 is 0 Å². The van der Waals surface area contributed by atoms with Gasteiger partial charge in [0.1, 0.15) is 16.9 Å². The van der Waals surface area contributed by atoms with Crippen molar-refractivity contribution in [1.29, 1.82) is 0 Å². The maximum atomic E-state index is 11.5. The van der Waals surface area contributed by atoms with Gasteiger partial charge < -0.3 is 9.52 Å². The molecule has 0 spiro atoms. The van der Waals surface area contributed by atoms with E-state index in [1.54, 1.807) is 6.07 Å². The third-order valence-corrected chi connectivity index (χ3v) is 9.82. The summed E-state index contributed by atoms with van der Waals surface area (Å²) < 4.78 is 6.16. The van der Waals surface area contributed by atoms with Crippen LogP contribution in [0.25, 0.3) is 99.9 Å². The Hall–Kier alpha value is -7.11. The van der Waals surface area contributed by atoms with E-state index in [9.17, 15) is 5.11 Å². The second-order valence-corrected chi connectivity index (χ2v) is 13.0. The standard InChI is InChI=1S/C47H29N3O2/c51-40-16-7-15-39(43(40)32-23-21-31(22-24-32)37-14-8-18-42-44(37)38-13-5-6-17-41(38)52-42)47-49-45(35-25-19-29-9-1-3-11-33(29)27-35)48-46(50-47)36-26-20-30-10-2-4-12-34(30)28-36/h1-28,51H. The number of rotatable bonds is 5. The number of aromatic hydroxyl groups is 1. The van der Waals surface area contributed by atoms with E-state index < -0.39 is 0 Å². The lowest BCUT2D eigenvalue weighted by Gasteiger charge is -2.14. The molecule has 1 N–H and O–H groups in total. The van der Waals surface area contributed by atoms with Crippen molar-refractivity contribution >= 4 is 43.5 Å². The van der Waals surface area contributed by atoms with Gasteiger partial charge in [0.2, 0.25) is 0 Å². The second-order valence-electron chi connectivity index (χ2n) is 13.0. The summed E-state index contributed by atoms with van der Waals surface area (Å²) in [4.78, 5) is 15.2. The topological polar surface area (TPSA) is 72.0 Å². The zero-order valence-corrected chi connectivity index (χ0v) is 27.9. The maximum absolute atomic E-state index is 11.5. The average Bonchev–Trinajstić information content (AvgIpc) is 3.59. The minimum atomic E-state index is 0.146. The van der Waals surface area contributed by atoms with Crippen molar-refractivity contribution in [2.75, 3.05) is 0 Å². The number of furan rings is 1. The number of phenolic OH excluding ortho intramolecular Hbond substituents is 1. The Labute approximate surface area is 299 Å². The molecular weight excluding hydrogens is 639 g/mol. The largest absolute Gasteiger partial charge is 0.507 e. The van der Waals surface area contributed by atoms with Gasteiger partial charge in [0, 0.05) is 33.0 Å². The summed E-state index contributed by atoms with van der Waals surface area (Å²) in [6, 6.07) is 57.1. The van der Waals surface area contributed by atoms with Crippen LogP contribution in [0.15, 0.2) is 174 Å². The molecule has 5 nitrogen and oxygen atoms in total. The Morgan fingerprint density at radius 1 is 0.385 bits per heavy atom. The molecule has 0 aliphatic rings. The van der Waals surface area contributed by atoms with Crippen LogP contribution >= 0.6 is 0 Å². The van der Waals surface area contributed by atoms with Crippen LogP contribution in [-0.4, -0.2) is 20.1 Å². The molecule has 52 heavy (non-hydrogen) atoms. The van der Waals surface area contributed by atoms with Crippen molar-refractivity contribution in [3.63, 3.8) is 0 Å². The second kappa shape index (κ2) is 12.0. The van der Waals surface area contributed by atoms with Crippen molar-refractivity contribution in [2.24, 2.45) is 0 Å². The van der Waals surface area contributed by atoms with Gasteiger partial charge in [-0.2, -0.15) is 0 Å². The minimum Gasteiger partial charge on any atom is -0.507 e. The molecule has 244 valence electrons. The predicted molar refractivity (Wildman–Crippen MR) is 211 cm³/mol. The molecule has 0 aliphatic carbocycles. The van der Waals surface area contributed by atoms with Crippen molar-refractivity contribution in [3.05, 3.63) is 170 Å². The highest BCUT2D eigenvalue weighted by Gasteiger charge is 2.19. The van der Waals surface area contributed by atoms with Crippen LogP contribution in [0, 0.1) is 0 Å². The van der Waals surface area contributed by atoms with Crippen LogP contribution in [0.2, 0.25) is 0 Å². The summed E-state index contributed by atoms with van der Waals surface area (Å²) in [6.45, 7) is 0. The molecule has 5 heteroatoms. The lowest BCUT2D eigenvalue weighted by molar-refractivity contribution is 0.477. The fourth-order valence-electron chi connectivity index (χ4n) is 7.27. The van der Waals surface area contributed by atoms with Gasteiger partial charge in [-0.15, -0.1) is 0 Å². The third-order valence-electron chi connectivity index (χ3n) is 9.82. The highest BCUT2D eigenvalue weighted by molar-refractivity contribution is 6.12. The summed E-state index contributed by atoms with van der Waals surface area (Å²) >= 11 is 0. The quantitative estimate of drug-likeness (QED) is 0.198. The number of benzene rings is 8. The minimum absolute atomic E-state index is 0.146. The number of aromatic nitrogens is 3. The van der Waals surface area contributed by atoms with Crippen LogP contribution in [0.1, 0.15) is 0 Å². The summed E-state index contributed by atoms with van der Waals surface area (Å²) in [6.07, 6.45) is 0. The summed E-state index contributed by atoms with van der Waals surface area (Å²) in [7, 11) is 0. The molecule has 2 aromatic heterocycles. The molecule has 0 bridgehead atoms. The van der Waals surface area contributed by atoms with Crippen LogP contribution in [0.3, 0.4) is 0 Å². The first-order valence-corrected chi connectivity index (χ1v) is 17.2. The Morgan fingerprint density at radius 3 is 1.60 bits per heavy atom. The first kappa shape index (κ1) is 29.8. The highest BCUT2D eigenvalue weighted by Crippen LogP contribution is 2.41. The van der Waals surface area contributed by atoms with Crippen molar-refractivity contribution in [2.45, 2.75) is 0 Å². The number of hydrogen-bond donors (Lipinski definition) is 1. The van der Waals surface area contributed by atoms with Crippen molar-refractivity contribution in [3.8, 4) is 62.2 Å². The maximum Gasteiger partial charge on any atom is 0.164 e. The molecule has 10 rings (SSSR count). The molecule has 0 atom stereocenters. The van der Waals surface area contributed by atoms with E-state index >= 15 is 0 Å². The molecule has 0 unspecified atom stereocenters. The molecule has 10 aromatic rings. The molecule has 0 fully saturated rings. The molecule has 8 aromatic carbocycles. The van der Waals surface area contributed by atoms with Crippen LogP contribution < -0.4 is 0 Å². The first-order valence-electron chi connectivity index (χ1n) is 17.2. The van der Waals surface area contributed by atoms with Crippen molar-refractivity contribution in [1.82, 2.24) is 15.0 Å². The lowest BCUT2D eigenvalue weighted by atomic mass is 9.94. The van der Waals surface area contributed by atoms with E-state index in [0.717, 1.165) is 71.3 Å². The lowest BCUT2D eigenvalue weighted by Crippen LogP contribution is -2.01. The molecule has 0 saturated carbocycles. The smallest absolute Gasteiger partial charge is 0.164 e.